The predicted octanol–water partition coefficient (Wildman–Crippen LogP) is 1.27. The number of hydrogen-bond donors (Lipinski definition) is 3. The summed E-state index contributed by atoms with van der Waals surface area (Å²) in [6, 6.07) is -0.379. The van der Waals surface area contributed by atoms with Gasteiger partial charge in [-0.05, 0) is 69.5 Å². The largest absolute Gasteiger partial charge is 0.480 e. The maximum atomic E-state index is 13.4. The third-order valence-electron chi connectivity index (χ3n) is 10.9. The fraction of sp³-hybridized carbons (Fsp3) is 0.958. The molecule has 0 amide bonds. The van der Waals surface area contributed by atoms with Gasteiger partial charge in [0.15, 0.2) is 0 Å². The Balaban J connectivity index is 1.21. The van der Waals surface area contributed by atoms with Crippen molar-refractivity contribution in [2.45, 2.75) is 101 Å². The summed E-state index contributed by atoms with van der Waals surface area (Å²) >= 11 is 0. The van der Waals surface area contributed by atoms with Gasteiger partial charge in [-0.1, -0.05) is 20.3 Å². The molecular weight excluding hydrogens is 483 g/mol. The van der Waals surface area contributed by atoms with Gasteiger partial charge in [0.05, 0.1) is 11.7 Å². The first kappa shape index (κ1) is 26.8. The Hall–Kier alpha value is -0.755. The molecule has 1 unspecified atom stereocenters. The van der Waals surface area contributed by atoms with Crippen LogP contribution in [-0.4, -0.2) is 84.2 Å². The second kappa shape index (κ2) is 8.37. The van der Waals surface area contributed by atoms with Crippen molar-refractivity contribution in [3.63, 3.8) is 0 Å². The van der Waals surface area contributed by atoms with Gasteiger partial charge in [-0.15, -0.1) is 0 Å². The van der Waals surface area contributed by atoms with Crippen LogP contribution in [0.5, 0.6) is 0 Å². The summed E-state index contributed by atoms with van der Waals surface area (Å²) in [5.74, 6) is -0.518. The van der Waals surface area contributed by atoms with Crippen molar-refractivity contribution >= 4 is 23.3 Å². The van der Waals surface area contributed by atoms with Crippen LogP contribution < -0.4 is 11.5 Å². The molecule has 4 saturated carbocycles. The molecule has 0 aromatic carbocycles. The molecule has 204 valence electrons. The number of likely N-dealkylation sites (N-methyl/N-ethyl adjacent to an activating group) is 1. The smallest absolute Gasteiger partial charge is 0.457 e. The van der Waals surface area contributed by atoms with Gasteiger partial charge in [0.1, 0.15) is 5.54 Å². The van der Waals surface area contributed by atoms with Crippen LogP contribution in [0.25, 0.3) is 0 Å². The number of carboxylic acid groups (broad SMARTS) is 1. The molecule has 4 aliphatic carbocycles. The summed E-state index contributed by atoms with van der Waals surface area (Å²) in [5.41, 5.74) is 10.5. The van der Waals surface area contributed by atoms with Crippen molar-refractivity contribution < 1.29 is 27.6 Å². The highest BCUT2D eigenvalue weighted by Crippen LogP contribution is 2.65. The van der Waals surface area contributed by atoms with Gasteiger partial charge >= 0.3 is 13.1 Å². The van der Waals surface area contributed by atoms with Crippen molar-refractivity contribution in [2.75, 3.05) is 20.1 Å². The van der Waals surface area contributed by atoms with Gasteiger partial charge in [0, 0.05) is 37.6 Å². The van der Waals surface area contributed by atoms with E-state index < -0.39 is 33.2 Å². The summed E-state index contributed by atoms with van der Waals surface area (Å²) in [7, 11) is -2.71. The van der Waals surface area contributed by atoms with Crippen LogP contribution in [0.1, 0.15) is 66.2 Å². The lowest BCUT2D eigenvalue weighted by Crippen LogP contribution is -2.65. The van der Waals surface area contributed by atoms with E-state index in [-0.39, 0.29) is 43.4 Å². The molecule has 6 rings (SSSR count). The normalized spacial score (nSPS) is 41.7. The Morgan fingerprint density at radius 2 is 1.92 bits per heavy atom. The molecule has 5 N–H and O–H groups in total. The maximum Gasteiger partial charge on any atom is 0.457 e. The highest BCUT2D eigenvalue weighted by molar-refractivity contribution is 7.86. The van der Waals surface area contributed by atoms with Crippen LogP contribution in [-0.2, 0) is 24.3 Å². The van der Waals surface area contributed by atoms with Gasteiger partial charge in [-0.25, -0.2) is 0 Å². The molecule has 12 heteroatoms. The molecule has 36 heavy (non-hydrogen) atoms. The SMILES string of the molecule is CC(N(C)S(=O)(=O)N1C[C@H](CCCB2O[C@H]3C[C@H]4C[C@H](C4(C)C)[C@@]3(C)O2)[C@](N)(C(=O)O)C1)C1(N)CC1. The Kier molecular flexibility index (Phi) is 6.24. The van der Waals surface area contributed by atoms with Crippen LogP contribution in [0.3, 0.4) is 0 Å². The van der Waals surface area contributed by atoms with Crippen molar-refractivity contribution in [2.24, 2.45) is 34.6 Å². The van der Waals surface area contributed by atoms with Crippen LogP contribution in [0, 0.1) is 23.2 Å². The minimum atomic E-state index is -3.90. The van der Waals surface area contributed by atoms with E-state index in [9.17, 15) is 18.3 Å². The van der Waals surface area contributed by atoms with E-state index >= 15 is 0 Å². The van der Waals surface area contributed by atoms with Gasteiger partial charge in [-0.3, -0.25) is 4.79 Å². The van der Waals surface area contributed by atoms with E-state index in [0.717, 1.165) is 19.3 Å². The van der Waals surface area contributed by atoms with E-state index in [0.29, 0.717) is 31.0 Å². The molecule has 0 aromatic heterocycles. The lowest BCUT2D eigenvalue weighted by atomic mass is 9.43. The molecule has 0 radical (unpaired) electrons. The Morgan fingerprint density at radius 3 is 2.50 bits per heavy atom. The topological polar surface area (TPSA) is 148 Å². The first-order valence-corrected chi connectivity index (χ1v) is 14.8. The van der Waals surface area contributed by atoms with Crippen molar-refractivity contribution in [3.05, 3.63) is 0 Å². The quantitative estimate of drug-likeness (QED) is 0.381. The zero-order valence-electron chi connectivity index (χ0n) is 22.3. The predicted molar refractivity (Wildman–Crippen MR) is 136 cm³/mol. The van der Waals surface area contributed by atoms with Crippen LogP contribution in [0.4, 0.5) is 0 Å². The van der Waals surface area contributed by atoms with Crippen LogP contribution in [0.15, 0.2) is 0 Å². The van der Waals surface area contributed by atoms with Crippen molar-refractivity contribution in [1.82, 2.24) is 8.61 Å². The number of carbonyl (C=O) groups is 1. The Labute approximate surface area is 215 Å². The van der Waals surface area contributed by atoms with Crippen molar-refractivity contribution in [3.8, 4) is 0 Å². The lowest BCUT2D eigenvalue weighted by Gasteiger charge is -2.64. The molecule has 2 aliphatic heterocycles. The molecular formula is C24H43BN4O6S. The van der Waals surface area contributed by atoms with E-state index in [1.54, 1.807) is 6.92 Å². The molecule has 10 nitrogen and oxygen atoms in total. The third-order valence-corrected chi connectivity index (χ3v) is 12.9. The molecule has 6 aliphatic rings. The molecule has 7 atom stereocenters. The fourth-order valence-corrected chi connectivity index (χ4v) is 9.29. The molecule has 2 saturated heterocycles. The van der Waals surface area contributed by atoms with Gasteiger partial charge in [0.2, 0.25) is 0 Å². The lowest BCUT2D eigenvalue weighted by molar-refractivity contribution is -0.199. The molecule has 2 heterocycles. The minimum Gasteiger partial charge on any atom is -0.480 e. The summed E-state index contributed by atoms with van der Waals surface area (Å²) in [5, 5.41) is 9.95. The fourth-order valence-electron chi connectivity index (χ4n) is 7.57. The number of rotatable bonds is 9. The molecule has 6 fully saturated rings. The number of nitrogens with two attached hydrogens (primary N) is 2. The highest BCUT2D eigenvalue weighted by Gasteiger charge is 2.67. The second-order valence-electron chi connectivity index (χ2n) is 13.1. The zero-order valence-corrected chi connectivity index (χ0v) is 23.1. The summed E-state index contributed by atoms with van der Waals surface area (Å²) in [6.45, 7) is 8.46. The van der Waals surface area contributed by atoms with Gasteiger partial charge in [-0.2, -0.15) is 17.0 Å². The van der Waals surface area contributed by atoms with E-state index in [1.807, 2.05) is 0 Å². The van der Waals surface area contributed by atoms with Crippen LogP contribution >= 0.6 is 0 Å². The highest BCUT2D eigenvalue weighted by atomic mass is 32.2. The average molecular weight is 527 g/mol. The summed E-state index contributed by atoms with van der Waals surface area (Å²) < 4.78 is 42.0. The van der Waals surface area contributed by atoms with Crippen LogP contribution in [0.2, 0.25) is 6.32 Å². The summed E-state index contributed by atoms with van der Waals surface area (Å²) in [6.07, 6.45) is 5.63. The first-order valence-electron chi connectivity index (χ1n) is 13.4. The molecule has 0 aromatic rings. The summed E-state index contributed by atoms with van der Waals surface area (Å²) in [4.78, 5) is 12.2. The number of aliphatic carboxylic acids is 1. The second-order valence-corrected chi connectivity index (χ2v) is 15.1. The zero-order chi connectivity index (χ0) is 26.5. The standard InChI is InChI=1S/C24H43BN4O6S/c1-15(23(26)8-9-23)28(5)36(32,33)29-13-16(24(27,14-29)20(30)31)7-6-10-25-34-19-12-17-11-18(21(17,2)3)22(19,4)35-25/h15-19H,6-14,26-27H2,1-5H3,(H,30,31)/t15?,16-,17+,18+,19-,22+,24-/m0/s1. The monoisotopic (exact) mass is 526 g/mol. The maximum absolute atomic E-state index is 13.4. The van der Waals surface area contributed by atoms with Crippen molar-refractivity contribution in [1.29, 1.82) is 0 Å². The molecule has 0 spiro atoms. The Morgan fingerprint density at radius 1 is 1.25 bits per heavy atom. The van der Waals surface area contributed by atoms with Gasteiger partial charge < -0.3 is 25.9 Å². The van der Waals surface area contributed by atoms with E-state index in [2.05, 4.69) is 20.8 Å². The Bertz CT molecular complexity index is 1020. The number of carboxylic acids is 1. The average Bonchev–Trinajstić information content (AvgIpc) is 3.30. The third kappa shape index (κ3) is 3.89. The number of nitrogens with zero attached hydrogens (tertiary/aromatic N) is 2. The van der Waals surface area contributed by atoms with E-state index in [4.69, 9.17) is 20.8 Å². The van der Waals surface area contributed by atoms with Gasteiger partial charge in [0.25, 0.3) is 10.2 Å². The first-order chi connectivity index (χ1) is 16.6. The molecule has 2 bridgehead atoms. The van der Waals surface area contributed by atoms with E-state index in [1.165, 1.54) is 22.1 Å². The number of hydrogen-bond acceptors (Lipinski definition) is 7. The minimum absolute atomic E-state index is 0.0738.